The number of aliphatic hydroxyl groups is 2. The smallest absolute Gasteiger partial charge is 1.00 e. The minimum absolute atomic E-state index is 0. The van der Waals surface area contributed by atoms with Crippen LogP contribution in [0.1, 0.15) is 222 Å². The van der Waals surface area contributed by atoms with Crippen molar-refractivity contribution in [2.75, 3.05) is 13.2 Å². The van der Waals surface area contributed by atoms with Gasteiger partial charge in [0.1, 0.15) is 12.7 Å². The first-order valence-electron chi connectivity index (χ1n) is 19.6. The molecule has 0 aromatic rings. The molecule has 0 aromatic heterocycles. The van der Waals surface area contributed by atoms with E-state index in [-0.39, 0.29) is 45.1 Å². The van der Waals surface area contributed by atoms with Crippen molar-refractivity contribution in [3.63, 3.8) is 0 Å². The van der Waals surface area contributed by atoms with Gasteiger partial charge in [-0.1, -0.05) is 194 Å². The van der Waals surface area contributed by atoms with E-state index in [1.54, 1.807) is 0 Å². The SMILES string of the molecule is CCCCCCCCCCCCCCCCCC(=O)O.CCCCCCCCCCCCCCCCCC(=O)OCC(O)CO.[H-].[H-].[Mg+2]. The van der Waals surface area contributed by atoms with Gasteiger partial charge in [-0.2, -0.15) is 0 Å². The van der Waals surface area contributed by atoms with Gasteiger partial charge in [0.15, 0.2) is 0 Å². The molecule has 0 saturated carbocycles. The van der Waals surface area contributed by atoms with Crippen molar-refractivity contribution >= 4 is 35.0 Å². The Kier molecular flexibility index (Phi) is 48.5. The number of esters is 1. The maximum atomic E-state index is 11.4. The number of aliphatic carboxylic acids is 1. The molecule has 1 atom stereocenters. The molecule has 0 fully saturated rings. The molecule has 0 heterocycles. The van der Waals surface area contributed by atoms with Crippen LogP contribution in [0.2, 0.25) is 0 Å². The molecule has 0 saturated heterocycles. The molecule has 0 aromatic carbocycles. The van der Waals surface area contributed by atoms with E-state index < -0.39 is 12.1 Å². The van der Waals surface area contributed by atoms with Crippen LogP contribution in [-0.4, -0.2) is 69.6 Å². The maximum Gasteiger partial charge on any atom is 2.00 e. The predicted molar refractivity (Wildman–Crippen MR) is 199 cm³/mol. The van der Waals surface area contributed by atoms with E-state index in [0.717, 1.165) is 25.7 Å². The molecule has 0 amide bonds. The van der Waals surface area contributed by atoms with Gasteiger partial charge in [-0.25, -0.2) is 0 Å². The van der Waals surface area contributed by atoms with Crippen molar-refractivity contribution in [3.8, 4) is 0 Å². The second-order valence-electron chi connectivity index (χ2n) is 13.3. The standard InChI is InChI=1S/C21H42O4.C18H36O2.Mg.2H/c1-2-3-4-5-6-7-8-9-10-11-12-13-14-15-16-17-21(24)25-19-20(23)18-22;1-2-3-4-5-6-7-8-9-10-11-12-13-14-15-16-17-18(19)20;;;/h20,22-23H,2-19H2,1H3;2-17H2,1H3,(H,19,20);;;/q;;+2;2*-1. The van der Waals surface area contributed by atoms with E-state index >= 15 is 0 Å². The Labute approximate surface area is 305 Å². The van der Waals surface area contributed by atoms with Crippen LogP contribution in [0.15, 0.2) is 0 Å². The second-order valence-corrected chi connectivity index (χ2v) is 13.3. The van der Waals surface area contributed by atoms with Crippen LogP contribution in [0.5, 0.6) is 0 Å². The zero-order valence-electron chi connectivity index (χ0n) is 32.9. The van der Waals surface area contributed by atoms with Gasteiger partial charge in [0.25, 0.3) is 0 Å². The Hall–Kier alpha value is -0.374. The van der Waals surface area contributed by atoms with E-state index in [1.165, 1.54) is 167 Å². The summed E-state index contributed by atoms with van der Waals surface area (Å²) in [6, 6.07) is 0. The zero-order chi connectivity index (χ0) is 33.5. The monoisotopic (exact) mass is 669 g/mol. The Morgan fingerprint density at radius 2 is 0.761 bits per heavy atom. The first kappa shape index (κ1) is 50.0. The van der Waals surface area contributed by atoms with E-state index in [4.69, 9.17) is 20.1 Å². The molecule has 7 heteroatoms. The molecule has 0 rings (SSSR count). The van der Waals surface area contributed by atoms with Gasteiger partial charge < -0.3 is 22.9 Å². The summed E-state index contributed by atoms with van der Waals surface area (Å²) in [6.45, 7) is 4.06. The quantitative estimate of drug-likeness (QED) is 0.0353. The third-order valence-electron chi connectivity index (χ3n) is 8.63. The number of carboxylic acid groups (broad SMARTS) is 1. The van der Waals surface area contributed by atoms with Crippen LogP contribution in [0, 0.1) is 0 Å². The second kappa shape index (κ2) is 44.6. The average Bonchev–Trinajstić information content (AvgIpc) is 3.03. The van der Waals surface area contributed by atoms with E-state index in [1.807, 2.05) is 0 Å². The minimum atomic E-state index is -0.954. The van der Waals surface area contributed by atoms with E-state index in [2.05, 4.69) is 13.8 Å². The van der Waals surface area contributed by atoms with Gasteiger partial charge in [-0.3, -0.25) is 9.59 Å². The van der Waals surface area contributed by atoms with Crippen LogP contribution in [0.4, 0.5) is 0 Å². The third kappa shape index (κ3) is 48.0. The van der Waals surface area contributed by atoms with Crippen LogP contribution in [0.25, 0.3) is 0 Å². The van der Waals surface area contributed by atoms with Gasteiger partial charge in [-0.15, -0.1) is 0 Å². The van der Waals surface area contributed by atoms with Gasteiger partial charge in [0, 0.05) is 12.8 Å². The fourth-order valence-corrected chi connectivity index (χ4v) is 5.60. The number of hydrogen-bond acceptors (Lipinski definition) is 5. The number of ether oxygens (including phenoxy) is 1. The molecular weight excluding hydrogens is 589 g/mol. The molecule has 0 aliphatic rings. The van der Waals surface area contributed by atoms with Crippen molar-refractivity contribution in [2.45, 2.75) is 225 Å². The van der Waals surface area contributed by atoms with Crippen LogP contribution < -0.4 is 0 Å². The fraction of sp³-hybridized carbons (Fsp3) is 0.949. The van der Waals surface area contributed by atoms with Crippen molar-refractivity contribution in [1.82, 2.24) is 0 Å². The van der Waals surface area contributed by atoms with Crippen LogP contribution in [0.3, 0.4) is 0 Å². The van der Waals surface area contributed by atoms with Crippen LogP contribution >= 0.6 is 0 Å². The normalized spacial score (nSPS) is 11.4. The topological polar surface area (TPSA) is 104 Å². The number of carboxylic acids is 1. The molecule has 0 aliphatic carbocycles. The number of rotatable bonds is 35. The van der Waals surface area contributed by atoms with Crippen LogP contribution in [-0.2, 0) is 14.3 Å². The Morgan fingerprint density at radius 1 is 0.500 bits per heavy atom. The summed E-state index contributed by atoms with van der Waals surface area (Å²) in [6.07, 6.45) is 39.2. The largest absolute Gasteiger partial charge is 2.00 e. The summed E-state index contributed by atoms with van der Waals surface area (Å²) in [5.41, 5.74) is 0. The summed E-state index contributed by atoms with van der Waals surface area (Å²) in [5.74, 6) is -0.929. The summed E-state index contributed by atoms with van der Waals surface area (Å²) in [4.78, 5) is 21.7. The molecule has 6 nitrogen and oxygen atoms in total. The third-order valence-corrected chi connectivity index (χ3v) is 8.63. The summed E-state index contributed by atoms with van der Waals surface area (Å²) in [5, 5.41) is 26.2. The summed E-state index contributed by atoms with van der Waals surface area (Å²) in [7, 11) is 0. The molecule has 3 N–H and O–H groups in total. The molecule has 0 bridgehead atoms. The first-order valence-corrected chi connectivity index (χ1v) is 19.6. The number of carbonyl (C=O) groups excluding carboxylic acids is 1. The fourth-order valence-electron chi connectivity index (χ4n) is 5.60. The van der Waals surface area contributed by atoms with Gasteiger partial charge >= 0.3 is 35.0 Å². The van der Waals surface area contributed by atoms with Crippen molar-refractivity contribution in [2.24, 2.45) is 0 Å². The maximum absolute atomic E-state index is 11.4. The summed E-state index contributed by atoms with van der Waals surface area (Å²) < 4.78 is 4.86. The molecule has 0 aliphatic heterocycles. The van der Waals surface area contributed by atoms with Gasteiger partial charge in [-0.05, 0) is 12.8 Å². The van der Waals surface area contributed by atoms with Crippen molar-refractivity contribution < 1.29 is 32.5 Å². The zero-order valence-corrected chi connectivity index (χ0v) is 32.3. The number of unbranched alkanes of at least 4 members (excludes halogenated alkanes) is 28. The molecule has 0 spiro atoms. The summed E-state index contributed by atoms with van der Waals surface area (Å²) >= 11 is 0. The van der Waals surface area contributed by atoms with E-state index in [9.17, 15) is 9.59 Å². The number of hydrogen-bond donors (Lipinski definition) is 3. The van der Waals surface area contributed by atoms with Gasteiger partial charge in [0.2, 0.25) is 0 Å². The van der Waals surface area contributed by atoms with E-state index in [0.29, 0.717) is 12.8 Å². The average molecular weight is 669 g/mol. The Morgan fingerprint density at radius 3 is 1.02 bits per heavy atom. The number of aliphatic hydroxyl groups excluding tert-OH is 2. The number of carbonyl (C=O) groups is 2. The Bertz CT molecular complexity index is 601. The van der Waals surface area contributed by atoms with Gasteiger partial charge in [0.05, 0.1) is 6.61 Å². The molecule has 0 radical (unpaired) electrons. The molecular formula is C39H80MgO6. The molecule has 1 unspecified atom stereocenters. The predicted octanol–water partition coefficient (Wildman–Crippen LogP) is 11.3. The van der Waals surface area contributed by atoms with Crippen molar-refractivity contribution in [3.05, 3.63) is 0 Å². The first-order chi connectivity index (χ1) is 22.0. The molecule has 46 heavy (non-hydrogen) atoms. The van der Waals surface area contributed by atoms with Crippen molar-refractivity contribution in [1.29, 1.82) is 0 Å². The Balaban J connectivity index is -0.000000247. The molecule has 274 valence electrons. The minimum Gasteiger partial charge on any atom is -1.00 e.